The number of carbonyl (C=O) groups excluding carboxylic acids is 1. The van der Waals surface area contributed by atoms with Crippen LogP contribution < -0.4 is 14.3 Å². The maximum Gasteiger partial charge on any atom is 0.297 e. The summed E-state index contributed by atoms with van der Waals surface area (Å²) in [6, 6.07) is 5.71. The third-order valence-electron chi connectivity index (χ3n) is 4.28. The Kier molecular flexibility index (Phi) is 4.28. The molecule has 8 heteroatoms. The first-order valence-corrected chi connectivity index (χ1v) is 9.48. The van der Waals surface area contributed by atoms with Gasteiger partial charge in [-0.2, -0.15) is 10.1 Å². The van der Waals surface area contributed by atoms with Crippen molar-refractivity contribution in [3.05, 3.63) is 34.4 Å². The van der Waals surface area contributed by atoms with Crippen LogP contribution in [0.1, 0.15) is 30.0 Å². The van der Waals surface area contributed by atoms with Crippen LogP contribution in [0.5, 0.6) is 11.5 Å². The number of benzene rings is 1. The molecular formula is C18H20N4O3S. The van der Waals surface area contributed by atoms with E-state index in [0.29, 0.717) is 36.8 Å². The first-order valence-electron chi connectivity index (χ1n) is 8.67. The molecule has 1 amide bonds. The van der Waals surface area contributed by atoms with Crippen molar-refractivity contribution in [2.75, 3.05) is 13.2 Å². The van der Waals surface area contributed by atoms with Gasteiger partial charge in [0.1, 0.15) is 18.9 Å². The lowest BCUT2D eigenvalue weighted by atomic mass is 10.2. The maximum atomic E-state index is 12.7. The van der Waals surface area contributed by atoms with E-state index in [0.717, 1.165) is 27.4 Å². The highest BCUT2D eigenvalue weighted by Gasteiger charge is 2.17. The van der Waals surface area contributed by atoms with Crippen LogP contribution in [0, 0.1) is 6.92 Å². The van der Waals surface area contributed by atoms with E-state index in [4.69, 9.17) is 9.47 Å². The van der Waals surface area contributed by atoms with Gasteiger partial charge in [0.25, 0.3) is 5.91 Å². The molecule has 0 saturated carbocycles. The Balaban J connectivity index is 1.85. The first-order chi connectivity index (χ1) is 12.6. The van der Waals surface area contributed by atoms with Crippen LogP contribution in [0.4, 0.5) is 0 Å². The minimum absolute atomic E-state index is 0.279. The van der Waals surface area contributed by atoms with Gasteiger partial charge in [0.05, 0.1) is 15.9 Å². The standard InChI is InChI=1S/C18H20N4O3S/c1-4-21-12-9-14-15(25-7-6-24-14)10-16(12)26-18(21)19-17(23)13-8-11(3)20-22(13)5-2/h8-10H,4-7H2,1-3H3. The lowest BCUT2D eigenvalue weighted by Crippen LogP contribution is -2.18. The fourth-order valence-electron chi connectivity index (χ4n) is 3.10. The van der Waals surface area contributed by atoms with Gasteiger partial charge in [-0.1, -0.05) is 11.3 Å². The maximum absolute atomic E-state index is 12.7. The SMILES string of the molecule is CCn1nc(C)cc1C(=O)N=c1sc2cc3c(cc2n1CC)OCCO3. The topological polar surface area (TPSA) is 70.6 Å². The van der Waals surface area contributed by atoms with Crippen molar-refractivity contribution < 1.29 is 14.3 Å². The van der Waals surface area contributed by atoms with Crippen LogP contribution in [-0.2, 0) is 13.1 Å². The Hall–Kier alpha value is -2.61. The molecule has 1 aliphatic rings. The highest BCUT2D eigenvalue weighted by Crippen LogP contribution is 2.35. The van der Waals surface area contributed by atoms with Crippen LogP contribution in [-0.4, -0.2) is 33.5 Å². The minimum Gasteiger partial charge on any atom is -0.486 e. The Labute approximate surface area is 154 Å². The first kappa shape index (κ1) is 16.8. The molecule has 1 aromatic carbocycles. The number of amides is 1. The second kappa shape index (κ2) is 6.60. The van der Waals surface area contributed by atoms with E-state index in [9.17, 15) is 4.79 Å². The van der Waals surface area contributed by atoms with Crippen molar-refractivity contribution in [1.29, 1.82) is 0 Å². The summed E-state index contributed by atoms with van der Waals surface area (Å²) >= 11 is 1.47. The molecule has 3 aromatic rings. The number of aromatic nitrogens is 3. The van der Waals surface area contributed by atoms with E-state index < -0.39 is 0 Å². The lowest BCUT2D eigenvalue weighted by Gasteiger charge is -2.18. The number of hydrogen-bond acceptors (Lipinski definition) is 5. The Morgan fingerprint density at radius 1 is 1.19 bits per heavy atom. The third kappa shape index (κ3) is 2.80. The van der Waals surface area contributed by atoms with Crippen LogP contribution in [0.15, 0.2) is 23.2 Å². The van der Waals surface area contributed by atoms with Crippen LogP contribution in [0.25, 0.3) is 10.2 Å². The fraction of sp³-hybridized carbons (Fsp3) is 0.389. The van der Waals surface area contributed by atoms with E-state index >= 15 is 0 Å². The number of hydrogen-bond donors (Lipinski definition) is 0. The van der Waals surface area contributed by atoms with Crippen molar-refractivity contribution in [3.8, 4) is 11.5 Å². The molecule has 0 radical (unpaired) electrons. The number of aryl methyl sites for hydroxylation is 3. The molecule has 0 bridgehead atoms. The molecule has 0 saturated heterocycles. The largest absolute Gasteiger partial charge is 0.486 e. The van der Waals surface area contributed by atoms with Gasteiger partial charge >= 0.3 is 0 Å². The van der Waals surface area contributed by atoms with Gasteiger partial charge < -0.3 is 14.0 Å². The summed E-state index contributed by atoms with van der Waals surface area (Å²) in [5.74, 6) is 1.20. The molecule has 26 heavy (non-hydrogen) atoms. The van der Waals surface area contributed by atoms with E-state index in [1.54, 1.807) is 10.7 Å². The molecular weight excluding hydrogens is 352 g/mol. The van der Waals surface area contributed by atoms with Crippen molar-refractivity contribution in [1.82, 2.24) is 14.3 Å². The molecule has 0 spiro atoms. The zero-order valence-corrected chi connectivity index (χ0v) is 15.8. The van der Waals surface area contributed by atoms with Gasteiger partial charge in [-0.25, -0.2) is 0 Å². The van der Waals surface area contributed by atoms with Gasteiger partial charge in [0.2, 0.25) is 0 Å². The average Bonchev–Trinajstić information content (AvgIpc) is 3.18. The second-order valence-electron chi connectivity index (χ2n) is 6.00. The predicted molar refractivity (Wildman–Crippen MR) is 99.0 cm³/mol. The lowest BCUT2D eigenvalue weighted by molar-refractivity contribution is 0.0987. The van der Waals surface area contributed by atoms with Gasteiger partial charge in [-0.05, 0) is 26.8 Å². The molecule has 2 aromatic heterocycles. The third-order valence-corrected chi connectivity index (χ3v) is 5.32. The van der Waals surface area contributed by atoms with Crippen molar-refractivity contribution in [2.24, 2.45) is 4.99 Å². The highest BCUT2D eigenvalue weighted by molar-refractivity contribution is 7.16. The van der Waals surface area contributed by atoms with Crippen molar-refractivity contribution in [2.45, 2.75) is 33.9 Å². The van der Waals surface area contributed by atoms with Gasteiger partial charge in [0, 0.05) is 25.2 Å². The minimum atomic E-state index is -0.279. The quantitative estimate of drug-likeness (QED) is 0.709. The molecule has 0 N–H and O–H groups in total. The zero-order valence-electron chi connectivity index (χ0n) is 15.0. The Morgan fingerprint density at radius 2 is 1.92 bits per heavy atom. The number of fused-ring (bicyclic) bond motifs is 2. The summed E-state index contributed by atoms with van der Waals surface area (Å²) in [7, 11) is 0. The molecule has 0 unspecified atom stereocenters. The molecule has 0 atom stereocenters. The summed E-state index contributed by atoms with van der Waals surface area (Å²) in [5, 5.41) is 4.33. The number of rotatable bonds is 3. The number of nitrogens with zero attached hydrogens (tertiary/aromatic N) is 4. The number of carbonyl (C=O) groups is 1. The van der Waals surface area contributed by atoms with E-state index in [2.05, 4.69) is 10.1 Å². The molecule has 7 nitrogen and oxygen atoms in total. The molecule has 0 fully saturated rings. The molecule has 3 heterocycles. The number of thiazole rings is 1. The summed E-state index contributed by atoms with van der Waals surface area (Å²) < 4.78 is 16.1. The highest BCUT2D eigenvalue weighted by atomic mass is 32.1. The van der Waals surface area contributed by atoms with Crippen molar-refractivity contribution in [3.63, 3.8) is 0 Å². The molecule has 136 valence electrons. The molecule has 4 rings (SSSR count). The number of ether oxygens (including phenoxy) is 2. The zero-order chi connectivity index (χ0) is 18.3. The van der Waals surface area contributed by atoms with Crippen LogP contribution in [0.2, 0.25) is 0 Å². The molecule has 0 aliphatic carbocycles. The summed E-state index contributed by atoms with van der Waals surface area (Å²) in [4.78, 5) is 17.8. The van der Waals surface area contributed by atoms with Gasteiger partial charge in [-0.15, -0.1) is 0 Å². The van der Waals surface area contributed by atoms with Crippen molar-refractivity contribution >= 4 is 27.5 Å². The Morgan fingerprint density at radius 3 is 2.62 bits per heavy atom. The summed E-state index contributed by atoms with van der Waals surface area (Å²) in [6.45, 7) is 8.30. The summed E-state index contributed by atoms with van der Waals surface area (Å²) in [5.41, 5.74) is 2.32. The second-order valence-corrected chi connectivity index (χ2v) is 7.01. The van der Waals surface area contributed by atoms with Gasteiger partial charge in [-0.3, -0.25) is 9.48 Å². The van der Waals surface area contributed by atoms with E-state index in [1.165, 1.54) is 11.3 Å². The van der Waals surface area contributed by atoms with E-state index in [-0.39, 0.29) is 5.91 Å². The van der Waals surface area contributed by atoms with E-state index in [1.807, 2.05) is 37.5 Å². The smallest absolute Gasteiger partial charge is 0.297 e. The normalized spacial score (nSPS) is 14.2. The average molecular weight is 372 g/mol. The molecule has 1 aliphatic heterocycles. The van der Waals surface area contributed by atoms with Gasteiger partial charge in [0.15, 0.2) is 16.3 Å². The predicted octanol–water partition coefficient (Wildman–Crippen LogP) is 2.76. The summed E-state index contributed by atoms with van der Waals surface area (Å²) in [6.07, 6.45) is 0. The van der Waals surface area contributed by atoms with Crippen LogP contribution >= 0.6 is 11.3 Å². The monoisotopic (exact) mass is 372 g/mol. The fourth-order valence-corrected chi connectivity index (χ4v) is 4.20. The van der Waals surface area contributed by atoms with Crippen LogP contribution in [0.3, 0.4) is 0 Å². The Bertz CT molecular complexity index is 1060.